The third-order valence-electron chi connectivity index (χ3n) is 3.56. The second kappa shape index (κ2) is 5.52. The summed E-state index contributed by atoms with van der Waals surface area (Å²) in [6, 6.07) is 8.58. The van der Waals surface area contributed by atoms with Crippen molar-refractivity contribution in [3.8, 4) is 0 Å². The zero-order chi connectivity index (χ0) is 12.3. The Labute approximate surface area is 103 Å². The molecule has 0 bridgehead atoms. The van der Waals surface area contributed by atoms with Crippen LogP contribution in [0.5, 0.6) is 0 Å². The SMILES string of the molecule is CC(O)c1ccc(N(CCO)C2CCC2)cc1. The van der Waals surface area contributed by atoms with Crippen LogP contribution in [0.15, 0.2) is 24.3 Å². The maximum absolute atomic E-state index is 9.47. The molecule has 1 fully saturated rings. The van der Waals surface area contributed by atoms with Crippen molar-refractivity contribution < 1.29 is 10.2 Å². The molecule has 0 spiro atoms. The smallest absolute Gasteiger partial charge is 0.0761 e. The van der Waals surface area contributed by atoms with Gasteiger partial charge in [-0.05, 0) is 43.9 Å². The summed E-state index contributed by atoms with van der Waals surface area (Å²) < 4.78 is 0. The highest BCUT2D eigenvalue weighted by Gasteiger charge is 2.24. The molecule has 0 aromatic heterocycles. The Morgan fingerprint density at radius 1 is 1.29 bits per heavy atom. The molecular weight excluding hydrogens is 214 g/mol. The summed E-state index contributed by atoms with van der Waals surface area (Å²) in [5.41, 5.74) is 2.08. The average Bonchev–Trinajstić information content (AvgIpc) is 2.26. The van der Waals surface area contributed by atoms with Gasteiger partial charge in [0, 0.05) is 18.3 Å². The molecule has 0 aliphatic heterocycles. The molecule has 1 aliphatic rings. The second-order valence-electron chi connectivity index (χ2n) is 4.77. The Morgan fingerprint density at radius 2 is 1.94 bits per heavy atom. The van der Waals surface area contributed by atoms with E-state index in [9.17, 15) is 5.11 Å². The lowest BCUT2D eigenvalue weighted by atomic mass is 9.91. The molecule has 17 heavy (non-hydrogen) atoms. The van der Waals surface area contributed by atoms with Crippen molar-refractivity contribution in [2.75, 3.05) is 18.1 Å². The van der Waals surface area contributed by atoms with E-state index >= 15 is 0 Å². The van der Waals surface area contributed by atoms with Crippen LogP contribution < -0.4 is 4.90 Å². The molecule has 1 unspecified atom stereocenters. The third-order valence-corrected chi connectivity index (χ3v) is 3.56. The number of aliphatic hydroxyl groups excluding tert-OH is 2. The highest BCUT2D eigenvalue weighted by Crippen LogP contribution is 2.29. The Kier molecular flexibility index (Phi) is 4.02. The van der Waals surface area contributed by atoms with E-state index in [1.807, 2.05) is 24.3 Å². The molecule has 1 atom stereocenters. The summed E-state index contributed by atoms with van der Waals surface area (Å²) in [4.78, 5) is 2.27. The van der Waals surface area contributed by atoms with E-state index in [1.165, 1.54) is 19.3 Å². The molecule has 0 heterocycles. The lowest BCUT2D eigenvalue weighted by molar-refractivity contribution is 0.199. The molecule has 0 saturated heterocycles. The van der Waals surface area contributed by atoms with Gasteiger partial charge >= 0.3 is 0 Å². The van der Waals surface area contributed by atoms with Crippen LogP contribution in [0, 0.1) is 0 Å². The normalized spacial score (nSPS) is 17.6. The second-order valence-corrected chi connectivity index (χ2v) is 4.77. The van der Waals surface area contributed by atoms with Crippen molar-refractivity contribution in [2.45, 2.75) is 38.3 Å². The summed E-state index contributed by atoms with van der Waals surface area (Å²) in [6.07, 6.45) is 3.31. The van der Waals surface area contributed by atoms with Gasteiger partial charge in [0.05, 0.1) is 12.7 Å². The Morgan fingerprint density at radius 3 is 2.35 bits per heavy atom. The van der Waals surface area contributed by atoms with Gasteiger partial charge < -0.3 is 15.1 Å². The van der Waals surface area contributed by atoms with Crippen LogP contribution >= 0.6 is 0 Å². The van der Waals surface area contributed by atoms with Crippen LogP contribution in [0.25, 0.3) is 0 Å². The highest BCUT2D eigenvalue weighted by molar-refractivity contribution is 5.49. The van der Waals surface area contributed by atoms with E-state index in [1.54, 1.807) is 6.92 Å². The van der Waals surface area contributed by atoms with Crippen LogP contribution in [0.1, 0.15) is 37.9 Å². The zero-order valence-corrected chi connectivity index (χ0v) is 10.3. The standard InChI is InChI=1S/C14H21NO2/c1-11(17)12-5-7-14(8-6-12)15(9-10-16)13-3-2-4-13/h5-8,11,13,16-17H,2-4,9-10H2,1H3. The van der Waals surface area contributed by atoms with Crippen LogP contribution in [-0.4, -0.2) is 29.4 Å². The van der Waals surface area contributed by atoms with E-state index in [0.717, 1.165) is 11.3 Å². The first-order valence-electron chi connectivity index (χ1n) is 6.38. The fourth-order valence-corrected chi connectivity index (χ4v) is 2.27. The fraction of sp³-hybridized carbons (Fsp3) is 0.571. The predicted molar refractivity (Wildman–Crippen MR) is 69.1 cm³/mol. The molecule has 94 valence electrons. The van der Waals surface area contributed by atoms with Gasteiger partial charge in [0.25, 0.3) is 0 Å². The van der Waals surface area contributed by atoms with Crippen molar-refractivity contribution >= 4 is 5.69 Å². The topological polar surface area (TPSA) is 43.7 Å². The fourth-order valence-electron chi connectivity index (χ4n) is 2.27. The van der Waals surface area contributed by atoms with Gasteiger partial charge in [-0.1, -0.05) is 12.1 Å². The van der Waals surface area contributed by atoms with E-state index < -0.39 is 6.10 Å². The van der Waals surface area contributed by atoms with Crippen LogP contribution in [0.2, 0.25) is 0 Å². The first-order chi connectivity index (χ1) is 8.22. The van der Waals surface area contributed by atoms with Gasteiger partial charge in [-0.25, -0.2) is 0 Å². The Balaban J connectivity index is 2.11. The van der Waals surface area contributed by atoms with Gasteiger partial charge in [0.1, 0.15) is 0 Å². The number of aliphatic hydroxyl groups is 2. The van der Waals surface area contributed by atoms with Gasteiger partial charge in [-0.15, -0.1) is 0 Å². The molecule has 1 aliphatic carbocycles. The molecule has 0 amide bonds. The molecular formula is C14H21NO2. The van der Waals surface area contributed by atoms with Crippen LogP contribution in [0.3, 0.4) is 0 Å². The van der Waals surface area contributed by atoms with Crippen molar-refractivity contribution in [1.82, 2.24) is 0 Å². The quantitative estimate of drug-likeness (QED) is 0.821. The number of hydrogen-bond acceptors (Lipinski definition) is 3. The summed E-state index contributed by atoms with van der Waals surface area (Å²) in [7, 11) is 0. The number of nitrogens with zero attached hydrogens (tertiary/aromatic N) is 1. The lowest BCUT2D eigenvalue weighted by Crippen LogP contribution is -2.41. The van der Waals surface area contributed by atoms with Gasteiger partial charge in [0.15, 0.2) is 0 Å². The lowest BCUT2D eigenvalue weighted by Gasteiger charge is -2.39. The number of benzene rings is 1. The average molecular weight is 235 g/mol. The molecule has 1 saturated carbocycles. The summed E-state index contributed by atoms with van der Waals surface area (Å²) in [5.74, 6) is 0. The van der Waals surface area contributed by atoms with E-state index in [2.05, 4.69) is 4.90 Å². The minimum absolute atomic E-state index is 0.189. The van der Waals surface area contributed by atoms with Crippen molar-refractivity contribution in [3.63, 3.8) is 0 Å². The minimum atomic E-state index is -0.418. The molecule has 2 rings (SSSR count). The predicted octanol–water partition coefficient (Wildman–Crippen LogP) is 2.09. The van der Waals surface area contributed by atoms with Gasteiger partial charge in [-0.3, -0.25) is 0 Å². The van der Waals surface area contributed by atoms with Crippen LogP contribution in [0.4, 0.5) is 5.69 Å². The summed E-state index contributed by atoms with van der Waals surface area (Å²) >= 11 is 0. The van der Waals surface area contributed by atoms with Gasteiger partial charge in [-0.2, -0.15) is 0 Å². The number of rotatable bonds is 5. The van der Waals surface area contributed by atoms with Crippen molar-refractivity contribution in [1.29, 1.82) is 0 Å². The molecule has 1 aromatic carbocycles. The molecule has 0 radical (unpaired) electrons. The van der Waals surface area contributed by atoms with E-state index in [4.69, 9.17) is 5.11 Å². The largest absolute Gasteiger partial charge is 0.395 e. The number of hydrogen-bond donors (Lipinski definition) is 2. The molecule has 2 N–H and O–H groups in total. The monoisotopic (exact) mass is 235 g/mol. The van der Waals surface area contributed by atoms with Crippen molar-refractivity contribution in [2.24, 2.45) is 0 Å². The van der Waals surface area contributed by atoms with E-state index in [-0.39, 0.29) is 6.61 Å². The van der Waals surface area contributed by atoms with Crippen molar-refractivity contribution in [3.05, 3.63) is 29.8 Å². The maximum atomic E-state index is 9.47. The maximum Gasteiger partial charge on any atom is 0.0761 e. The van der Waals surface area contributed by atoms with Gasteiger partial charge in [0.2, 0.25) is 0 Å². The molecule has 3 heteroatoms. The summed E-state index contributed by atoms with van der Waals surface area (Å²) in [6.45, 7) is 2.65. The molecule has 1 aromatic rings. The zero-order valence-electron chi connectivity index (χ0n) is 10.3. The minimum Gasteiger partial charge on any atom is -0.395 e. The first kappa shape index (κ1) is 12.4. The Hall–Kier alpha value is -1.06. The first-order valence-corrected chi connectivity index (χ1v) is 6.38. The highest BCUT2D eigenvalue weighted by atomic mass is 16.3. The molecule has 3 nitrogen and oxygen atoms in total. The Bertz CT molecular complexity index is 344. The number of anilines is 1. The van der Waals surface area contributed by atoms with E-state index in [0.29, 0.717) is 12.6 Å². The summed E-state index contributed by atoms with van der Waals surface area (Å²) in [5, 5.41) is 18.6. The third kappa shape index (κ3) is 2.79. The van der Waals surface area contributed by atoms with Crippen LogP contribution in [-0.2, 0) is 0 Å².